The quantitative estimate of drug-likeness (QED) is 0.788. The summed E-state index contributed by atoms with van der Waals surface area (Å²) >= 11 is 0. The molecular weight excluding hydrogens is 258 g/mol. The first kappa shape index (κ1) is 20.2. The third-order valence-electron chi connectivity index (χ3n) is 2.12. The Morgan fingerprint density at radius 1 is 1.11 bits per heavy atom. The van der Waals surface area contributed by atoms with Crippen LogP contribution in [0.4, 0.5) is 0 Å². The number of hydrogen-bond acceptors (Lipinski definition) is 2. The van der Waals surface area contributed by atoms with E-state index in [0.717, 1.165) is 5.56 Å². The Hall–Kier alpha value is -1.13. The van der Waals surface area contributed by atoms with Crippen molar-refractivity contribution >= 4 is 10.0 Å². The highest BCUT2D eigenvalue weighted by atomic mass is 32.2. The Labute approximate surface area is 119 Å². The second-order valence-electron chi connectivity index (χ2n) is 3.39. The highest BCUT2D eigenvalue weighted by Crippen LogP contribution is 2.14. The molecule has 1 aromatic rings. The Morgan fingerprint density at radius 2 is 1.53 bits per heavy atom. The van der Waals surface area contributed by atoms with Crippen LogP contribution in [0.2, 0.25) is 0 Å². The molecule has 0 spiro atoms. The molecule has 0 fully saturated rings. The normalized spacial score (nSPS) is 9.84. The predicted octanol–water partition coefficient (Wildman–Crippen LogP) is 3.85. The average molecular weight is 285 g/mol. The van der Waals surface area contributed by atoms with Crippen molar-refractivity contribution in [2.24, 2.45) is 0 Å². The summed E-state index contributed by atoms with van der Waals surface area (Å²) in [6.45, 7) is 13.8. The Kier molecular flexibility index (Phi) is 11.4. The first-order chi connectivity index (χ1) is 8.98. The molecule has 0 aromatic heterocycles. The summed E-state index contributed by atoms with van der Waals surface area (Å²) in [6, 6.07) is 6.80. The number of hydrogen-bond donors (Lipinski definition) is 0. The van der Waals surface area contributed by atoms with Crippen LogP contribution in [0, 0.1) is 6.92 Å². The van der Waals surface area contributed by atoms with Gasteiger partial charge in [0.05, 0.1) is 4.90 Å². The molecular formula is C15H27NO2S. The van der Waals surface area contributed by atoms with Gasteiger partial charge in [-0.2, -0.15) is 4.31 Å². The third kappa shape index (κ3) is 6.55. The molecule has 1 aromatic carbocycles. The predicted molar refractivity (Wildman–Crippen MR) is 83.9 cm³/mol. The van der Waals surface area contributed by atoms with Crippen molar-refractivity contribution in [2.45, 2.75) is 39.5 Å². The van der Waals surface area contributed by atoms with E-state index in [1.807, 2.05) is 34.6 Å². The van der Waals surface area contributed by atoms with Crippen LogP contribution in [0.1, 0.15) is 33.3 Å². The molecule has 0 bridgehead atoms. The molecule has 0 radical (unpaired) electrons. The first-order valence-electron chi connectivity index (χ1n) is 6.62. The largest absolute Gasteiger partial charge is 0.243 e. The monoisotopic (exact) mass is 285 g/mol. The Bertz CT molecular complexity index is 436. The van der Waals surface area contributed by atoms with Gasteiger partial charge in [-0.25, -0.2) is 8.42 Å². The lowest BCUT2D eigenvalue weighted by atomic mass is 10.2. The highest BCUT2D eigenvalue weighted by molar-refractivity contribution is 7.89. The van der Waals surface area contributed by atoms with Crippen LogP contribution in [-0.2, 0) is 10.0 Å². The molecule has 0 heterocycles. The molecule has 0 atom stereocenters. The van der Waals surface area contributed by atoms with E-state index in [0.29, 0.717) is 11.4 Å². The van der Waals surface area contributed by atoms with Gasteiger partial charge in [0.1, 0.15) is 0 Å². The SMILES string of the molecule is C=CCN(C)S(=O)(=O)c1ccc(C)cc1.CC.CC. The van der Waals surface area contributed by atoms with Gasteiger partial charge in [0.15, 0.2) is 0 Å². The van der Waals surface area contributed by atoms with Gasteiger partial charge in [0.25, 0.3) is 0 Å². The number of nitrogens with zero attached hydrogens (tertiary/aromatic N) is 1. The van der Waals surface area contributed by atoms with Gasteiger partial charge in [-0.05, 0) is 19.1 Å². The fourth-order valence-corrected chi connectivity index (χ4v) is 2.31. The molecule has 0 unspecified atom stereocenters. The van der Waals surface area contributed by atoms with Crippen LogP contribution in [-0.4, -0.2) is 26.3 Å². The van der Waals surface area contributed by atoms with E-state index in [1.54, 1.807) is 30.3 Å². The molecule has 3 nitrogen and oxygen atoms in total. The summed E-state index contributed by atoms with van der Waals surface area (Å²) in [5.41, 5.74) is 1.04. The van der Waals surface area contributed by atoms with Crippen LogP contribution in [0.5, 0.6) is 0 Å². The number of benzene rings is 1. The van der Waals surface area contributed by atoms with E-state index in [2.05, 4.69) is 6.58 Å². The van der Waals surface area contributed by atoms with Crippen LogP contribution >= 0.6 is 0 Å². The molecule has 1 rings (SSSR count). The molecule has 0 saturated heterocycles. The van der Waals surface area contributed by atoms with Gasteiger partial charge in [-0.15, -0.1) is 6.58 Å². The maximum absolute atomic E-state index is 11.9. The fourth-order valence-electron chi connectivity index (χ4n) is 1.17. The fraction of sp³-hybridized carbons (Fsp3) is 0.467. The van der Waals surface area contributed by atoms with Crippen molar-refractivity contribution in [3.63, 3.8) is 0 Å². The van der Waals surface area contributed by atoms with E-state index in [4.69, 9.17) is 0 Å². The summed E-state index contributed by atoms with van der Waals surface area (Å²) in [6.07, 6.45) is 1.56. The maximum Gasteiger partial charge on any atom is 0.243 e. The van der Waals surface area contributed by atoms with Gasteiger partial charge in [0.2, 0.25) is 10.0 Å². The minimum Gasteiger partial charge on any atom is -0.207 e. The molecule has 0 aliphatic rings. The van der Waals surface area contributed by atoms with Gasteiger partial charge >= 0.3 is 0 Å². The zero-order chi connectivity index (χ0) is 15.5. The standard InChI is InChI=1S/C11H15NO2S.2C2H6/c1-4-9-12(3)15(13,14)11-7-5-10(2)6-8-11;2*1-2/h4-8H,1,9H2,2-3H3;2*1-2H3. The Balaban J connectivity index is 0. The second kappa shape index (κ2) is 10.8. The second-order valence-corrected chi connectivity index (χ2v) is 5.43. The minimum absolute atomic E-state index is 0.316. The lowest BCUT2D eigenvalue weighted by Crippen LogP contribution is -2.26. The van der Waals surface area contributed by atoms with Gasteiger partial charge in [-0.1, -0.05) is 51.5 Å². The van der Waals surface area contributed by atoms with E-state index < -0.39 is 10.0 Å². The number of sulfonamides is 1. The molecule has 0 amide bonds. The summed E-state index contributed by atoms with van der Waals surface area (Å²) in [7, 11) is -1.82. The molecule has 0 N–H and O–H groups in total. The molecule has 0 aliphatic carbocycles. The molecule has 110 valence electrons. The van der Waals surface area contributed by atoms with Crippen molar-refractivity contribution in [3.05, 3.63) is 42.5 Å². The summed E-state index contributed by atoms with van der Waals surface area (Å²) in [5.74, 6) is 0. The van der Waals surface area contributed by atoms with Crippen LogP contribution in [0.15, 0.2) is 41.8 Å². The van der Waals surface area contributed by atoms with Crippen molar-refractivity contribution in [3.8, 4) is 0 Å². The molecule has 4 heteroatoms. The number of aryl methyl sites for hydroxylation is 1. The zero-order valence-electron chi connectivity index (χ0n) is 13.0. The summed E-state index contributed by atoms with van der Waals surface area (Å²) in [4.78, 5) is 0.317. The summed E-state index contributed by atoms with van der Waals surface area (Å²) in [5, 5.41) is 0. The highest BCUT2D eigenvalue weighted by Gasteiger charge is 2.18. The van der Waals surface area contributed by atoms with Crippen molar-refractivity contribution in [1.82, 2.24) is 4.31 Å². The zero-order valence-corrected chi connectivity index (χ0v) is 13.8. The topological polar surface area (TPSA) is 37.4 Å². The lowest BCUT2D eigenvalue weighted by molar-refractivity contribution is 0.499. The van der Waals surface area contributed by atoms with E-state index in [9.17, 15) is 8.42 Å². The lowest BCUT2D eigenvalue weighted by Gasteiger charge is -2.14. The van der Waals surface area contributed by atoms with Gasteiger partial charge in [0, 0.05) is 13.6 Å². The van der Waals surface area contributed by atoms with Gasteiger partial charge in [-0.3, -0.25) is 0 Å². The van der Waals surface area contributed by atoms with Gasteiger partial charge < -0.3 is 0 Å². The number of rotatable bonds is 4. The van der Waals surface area contributed by atoms with Crippen LogP contribution < -0.4 is 0 Å². The molecule has 19 heavy (non-hydrogen) atoms. The molecule has 0 aliphatic heterocycles. The van der Waals surface area contributed by atoms with E-state index >= 15 is 0 Å². The van der Waals surface area contributed by atoms with Crippen molar-refractivity contribution in [2.75, 3.05) is 13.6 Å². The molecule has 0 saturated carbocycles. The first-order valence-corrected chi connectivity index (χ1v) is 8.06. The van der Waals surface area contributed by atoms with Crippen molar-refractivity contribution < 1.29 is 8.42 Å². The van der Waals surface area contributed by atoms with Crippen LogP contribution in [0.3, 0.4) is 0 Å². The smallest absolute Gasteiger partial charge is 0.207 e. The summed E-state index contributed by atoms with van der Waals surface area (Å²) < 4.78 is 25.1. The third-order valence-corrected chi connectivity index (χ3v) is 3.95. The maximum atomic E-state index is 11.9. The van der Waals surface area contributed by atoms with E-state index in [1.165, 1.54) is 11.4 Å². The average Bonchev–Trinajstić information content (AvgIpc) is 2.44. The van der Waals surface area contributed by atoms with E-state index in [-0.39, 0.29) is 0 Å². The Morgan fingerprint density at radius 3 is 1.89 bits per heavy atom. The minimum atomic E-state index is -3.36. The van der Waals surface area contributed by atoms with Crippen molar-refractivity contribution in [1.29, 1.82) is 0 Å². The number of likely N-dealkylation sites (N-methyl/N-ethyl adjacent to an activating group) is 1. The van der Waals surface area contributed by atoms with Crippen LogP contribution in [0.25, 0.3) is 0 Å².